The van der Waals surface area contributed by atoms with Crippen LogP contribution in [-0.2, 0) is 6.54 Å². The van der Waals surface area contributed by atoms with Gasteiger partial charge in [-0.05, 0) is 35.3 Å². The van der Waals surface area contributed by atoms with E-state index in [0.29, 0.717) is 0 Å². The van der Waals surface area contributed by atoms with E-state index in [2.05, 4.69) is 81.6 Å². The summed E-state index contributed by atoms with van der Waals surface area (Å²) in [6.45, 7) is 3.10. The minimum Gasteiger partial charge on any atom is -0.345 e. The van der Waals surface area contributed by atoms with Crippen molar-refractivity contribution in [3.05, 3.63) is 83.7 Å². The van der Waals surface area contributed by atoms with Crippen LogP contribution in [0.15, 0.2) is 72.6 Å². The minimum atomic E-state index is 0. The number of benzene rings is 2. The zero-order valence-corrected chi connectivity index (χ0v) is 16.1. The number of nitrogens with zero attached hydrogens (tertiary/aromatic N) is 2. The lowest BCUT2D eigenvalue weighted by Gasteiger charge is -2.25. The first-order valence-corrected chi connectivity index (χ1v) is 8.43. The molecule has 0 amide bonds. The van der Waals surface area contributed by atoms with Crippen LogP contribution in [0.3, 0.4) is 0 Å². The summed E-state index contributed by atoms with van der Waals surface area (Å²) in [5.41, 5.74) is 6.17. The molecular formula is C21H23Cl2N3. The number of hydrogen-bond donors (Lipinski definition) is 1. The Labute approximate surface area is 166 Å². The molecule has 0 atom stereocenters. The Balaban J connectivity index is 0.00000121. The molecule has 0 spiro atoms. The number of imidazole rings is 1. The number of rotatable bonds is 4. The van der Waals surface area contributed by atoms with Crippen LogP contribution < -0.4 is 0 Å². The summed E-state index contributed by atoms with van der Waals surface area (Å²) in [5, 5.41) is 0. The lowest BCUT2D eigenvalue weighted by atomic mass is 10.1. The van der Waals surface area contributed by atoms with Crippen molar-refractivity contribution >= 4 is 41.9 Å². The molecule has 136 valence electrons. The van der Waals surface area contributed by atoms with Crippen molar-refractivity contribution in [2.45, 2.75) is 13.0 Å². The second kappa shape index (κ2) is 9.58. The van der Waals surface area contributed by atoms with Crippen molar-refractivity contribution in [2.24, 2.45) is 0 Å². The summed E-state index contributed by atoms with van der Waals surface area (Å²) < 4.78 is 0. The van der Waals surface area contributed by atoms with E-state index in [4.69, 9.17) is 0 Å². The number of aromatic amines is 1. The van der Waals surface area contributed by atoms with Gasteiger partial charge >= 0.3 is 0 Å². The Morgan fingerprint density at radius 1 is 1.04 bits per heavy atom. The van der Waals surface area contributed by atoms with Crippen LogP contribution in [0, 0.1) is 0 Å². The van der Waals surface area contributed by atoms with Gasteiger partial charge in [0.05, 0.1) is 17.4 Å². The fourth-order valence-corrected chi connectivity index (χ4v) is 3.13. The summed E-state index contributed by atoms with van der Waals surface area (Å²) in [7, 11) is 0. The monoisotopic (exact) mass is 387 g/mol. The summed E-state index contributed by atoms with van der Waals surface area (Å²) in [5.74, 6) is 0. The Morgan fingerprint density at radius 2 is 1.88 bits per heavy atom. The Hall–Kier alpha value is -2.07. The predicted octanol–water partition coefficient (Wildman–Crippen LogP) is 5.25. The highest BCUT2D eigenvalue weighted by molar-refractivity contribution is 5.85. The van der Waals surface area contributed by atoms with E-state index < -0.39 is 0 Å². The fraction of sp³-hybridized carbons (Fsp3) is 0.190. The van der Waals surface area contributed by atoms with Crippen molar-refractivity contribution < 1.29 is 0 Å². The number of fused-ring (bicyclic) bond motifs is 1. The van der Waals surface area contributed by atoms with Crippen LogP contribution in [-0.4, -0.2) is 28.0 Å². The molecule has 4 rings (SSSR count). The van der Waals surface area contributed by atoms with Gasteiger partial charge in [0.25, 0.3) is 0 Å². The third-order valence-electron chi connectivity index (χ3n) is 4.51. The average molecular weight is 388 g/mol. The molecule has 5 heteroatoms. The Kier molecular flexibility index (Phi) is 7.46. The number of hydrogen-bond acceptors (Lipinski definition) is 2. The molecule has 1 aliphatic rings. The number of nitrogens with one attached hydrogen (secondary N) is 1. The second-order valence-corrected chi connectivity index (χ2v) is 6.26. The molecule has 0 bridgehead atoms. The fourth-order valence-electron chi connectivity index (χ4n) is 3.13. The van der Waals surface area contributed by atoms with Crippen LogP contribution >= 0.6 is 24.8 Å². The van der Waals surface area contributed by atoms with Crippen LogP contribution in [0.1, 0.15) is 17.5 Å². The lowest BCUT2D eigenvalue weighted by Crippen LogP contribution is -2.28. The summed E-state index contributed by atoms with van der Waals surface area (Å²) in [6.07, 6.45) is 9.66. The Morgan fingerprint density at radius 3 is 2.65 bits per heavy atom. The molecule has 1 aliphatic heterocycles. The van der Waals surface area contributed by atoms with Gasteiger partial charge in [0, 0.05) is 19.6 Å². The van der Waals surface area contributed by atoms with Crippen LogP contribution in [0.25, 0.3) is 17.1 Å². The van der Waals surface area contributed by atoms with E-state index in [1.165, 1.54) is 16.7 Å². The smallest absolute Gasteiger partial charge is 0.0931 e. The molecule has 0 saturated carbocycles. The van der Waals surface area contributed by atoms with Crippen molar-refractivity contribution in [1.29, 1.82) is 0 Å². The predicted molar refractivity (Wildman–Crippen MR) is 114 cm³/mol. The SMILES string of the molecule is C1=C(/C=C/c2ccccc2)CCN(Cc2ccc3nc[nH]c3c2)C1.Cl.Cl. The van der Waals surface area contributed by atoms with E-state index in [1.54, 1.807) is 6.33 Å². The summed E-state index contributed by atoms with van der Waals surface area (Å²) in [4.78, 5) is 9.95. The van der Waals surface area contributed by atoms with Gasteiger partial charge in [0.2, 0.25) is 0 Å². The van der Waals surface area contributed by atoms with Gasteiger partial charge in [-0.3, -0.25) is 4.90 Å². The zero-order chi connectivity index (χ0) is 16.2. The summed E-state index contributed by atoms with van der Waals surface area (Å²) >= 11 is 0. The van der Waals surface area contributed by atoms with Gasteiger partial charge < -0.3 is 4.98 Å². The quantitative estimate of drug-likeness (QED) is 0.662. The van der Waals surface area contributed by atoms with Gasteiger partial charge in [0.15, 0.2) is 0 Å². The van der Waals surface area contributed by atoms with Crippen molar-refractivity contribution in [1.82, 2.24) is 14.9 Å². The van der Waals surface area contributed by atoms with Crippen molar-refractivity contribution in [3.8, 4) is 0 Å². The largest absolute Gasteiger partial charge is 0.345 e. The first-order chi connectivity index (χ1) is 11.9. The number of allylic oxidation sites excluding steroid dienone is 1. The second-order valence-electron chi connectivity index (χ2n) is 6.26. The molecular weight excluding hydrogens is 365 g/mol. The normalized spacial score (nSPS) is 14.7. The number of aromatic nitrogens is 2. The van der Waals surface area contributed by atoms with Crippen molar-refractivity contribution in [3.63, 3.8) is 0 Å². The van der Waals surface area contributed by atoms with Crippen LogP contribution in [0.2, 0.25) is 0 Å². The molecule has 3 nitrogen and oxygen atoms in total. The zero-order valence-electron chi connectivity index (χ0n) is 14.5. The molecule has 0 unspecified atom stereocenters. The maximum absolute atomic E-state index is 4.28. The van der Waals surface area contributed by atoms with E-state index in [-0.39, 0.29) is 24.8 Å². The molecule has 1 N–H and O–H groups in total. The van der Waals surface area contributed by atoms with Crippen LogP contribution in [0.4, 0.5) is 0 Å². The van der Waals surface area contributed by atoms with E-state index >= 15 is 0 Å². The first kappa shape index (κ1) is 20.2. The molecule has 1 aromatic heterocycles. The third-order valence-corrected chi connectivity index (χ3v) is 4.51. The highest BCUT2D eigenvalue weighted by Crippen LogP contribution is 2.18. The highest BCUT2D eigenvalue weighted by Gasteiger charge is 2.11. The minimum absolute atomic E-state index is 0. The van der Waals surface area contributed by atoms with E-state index in [9.17, 15) is 0 Å². The molecule has 0 fully saturated rings. The maximum Gasteiger partial charge on any atom is 0.0931 e. The lowest BCUT2D eigenvalue weighted by molar-refractivity contribution is 0.287. The Bertz CT molecular complexity index is 884. The molecule has 2 aromatic carbocycles. The highest BCUT2D eigenvalue weighted by atomic mass is 35.5. The molecule has 0 saturated heterocycles. The van der Waals surface area contributed by atoms with Gasteiger partial charge in [-0.25, -0.2) is 4.98 Å². The summed E-state index contributed by atoms with van der Waals surface area (Å²) in [6, 6.07) is 17.0. The number of H-pyrrole nitrogens is 1. The topological polar surface area (TPSA) is 31.9 Å². The van der Waals surface area contributed by atoms with Gasteiger partial charge in [-0.1, -0.05) is 54.6 Å². The van der Waals surface area contributed by atoms with E-state index in [1.807, 2.05) is 0 Å². The van der Waals surface area contributed by atoms with Gasteiger partial charge in [-0.15, -0.1) is 24.8 Å². The van der Waals surface area contributed by atoms with Gasteiger partial charge in [-0.2, -0.15) is 0 Å². The molecule has 3 aromatic rings. The molecule has 26 heavy (non-hydrogen) atoms. The first-order valence-electron chi connectivity index (χ1n) is 8.43. The molecule has 0 aliphatic carbocycles. The average Bonchev–Trinajstić information content (AvgIpc) is 3.10. The van der Waals surface area contributed by atoms with Crippen LogP contribution in [0.5, 0.6) is 0 Å². The molecule has 0 radical (unpaired) electrons. The standard InChI is InChI=1S/C21H21N3.2ClH/c1-2-4-17(5-3-1)6-7-18-10-12-24(13-11-18)15-19-8-9-20-21(14-19)23-16-22-20;;/h1-10,14,16H,11-13,15H2,(H,22,23);2*1H/b7-6+;;. The van der Waals surface area contributed by atoms with Crippen molar-refractivity contribution in [2.75, 3.05) is 13.1 Å². The maximum atomic E-state index is 4.28. The van der Waals surface area contributed by atoms with E-state index in [0.717, 1.165) is 37.1 Å². The number of halogens is 2. The van der Waals surface area contributed by atoms with Gasteiger partial charge in [0.1, 0.15) is 0 Å². The molecule has 2 heterocycles. The third kappa shape index (κ3) is 4.98.